The Morgan fingerprint density at radius 3 is 2.80 bits per heavy atom. The SMILES string of the molecule is COC(=O)c1cc(Cl)ccc1NC(C)c1ccccn1. The Hall–Kier alpha value is -2.07. The smallest absolute Gasteiger partial charge is 0.340 e. The monoisotopic (exact) mass is 290 g/mol. The van der Waals surface area contributed by atoms with Crippen LogP contribution < -0.4 is 5.32 Å². The molecule has 5 heteroatoms. The molecule has 0 fully saturated rings. The van der Waals surface area contributed by atoms with Crippen LogP contribution in [0.4, 0.5) is 5.69 Å². The molecule has 0 aliphatic rings. The Balaban J connectivity index is 2.27. The lowest BCUT2D eigenvalue weighted by molar-refractivity contribution is 0.0602. The van der Waals surface area contributed by atoms with Crippen molar-refractivity contribution in [2.75, 3.05) is 12.4 Å². The zero-order valence-corrected chi connectivity index (χ0v) is 12.0. The van der Waals surface area contributed by atoms with Gasteiger partial charge in [-0.3, -0.25) is 4.98 Å². The van der Waals surface area contributed by atoms with Crippen molar-refractivity contribution in [2.45, 2.75) is 13.0 Å². The van der Waals surface area contributed by atoms with E-state index in [2.05, 4.69) is 10.3 Å². The van der Waals surface area contributed by atoms with Crippen molar-refractivity contribution in [3.8, 4) is 0 Å². The minimum Gasteiger partial charge on any atom is -0.465 e. The minimum absolute atomic E-state index is 0.0409. The molecule has 4 nitrogen and oxygen atoms in total. The Kier molecular flexibility index (Phi) is 4.58. The van der Waals surface area contributed by atoms with Crippen molar-refractivity contribution in [3.05, 3.63) is 58.9 Å². The maximum Gasteiger partial charge on any atom is 0.340 e. The first-order valence-electron chi connectivity index (χ1n) is 6.17. The van der Waals surface area contributed by atoms with Crippen molar-refractivity contribution >= 4 is 23.3 Å². The molecule has 0 aliphatic carbocycles. The average Bonchev–Trinajstić information content (AvgIpc) is 2.49. The molecule has 1 unspecified atom stereocenters. The molecule has 2 aromatic rings. The van der Waals surface area contributed by atoms with Gasteiger partial charge in [0.1, 0.15) is 0 Å². The fourth-order valence-electron chi connectivity index (χ4n) is 1.86. The second-order valence-electron chi connectivity index (χ2n) is 4.30. The van der Waals surface area contributed by atoms with Gasteiger partial charge in [0.2, 0.25) is 0 Å². The predicted octanol–water partition coefficient (Wildman–Crippen LogP) is 3.69. The zero-order chi connectivity index (χ0) is 14.5. The summed E-state index contributed by atoms with van der Waals surface area (Å²) in [7, 11) is 1.34. The van der Waals surface area contributed by atoms with E-state index in [0.29, 0.717) is 16.3 Å². The van der Waals surface area contributed by atoms with Gasteiger partial charge in [-0.25, -0.2) is 4.79 Å². The van der Waals surface area contributed by atoms with Gasteiger partial charge in [0.15, 0.2) is 0 Å². The highest BCUT2D eigenvalue weighted by Gasteiger charge is 2.15. The summed E-state index contributed by atoms with van der Waals surface area (Å²) in [6, 6.07) is 10.7. The van der Waals surface area contributed by atoms with Gasteiger partial charge in [0, 0.05) is 16.9 Å². The van der Waals surface area contributed by atoms with E-state index < -0.39 is 5.97 Å². The fourth-order valence-corrected chi connectivity index (χ4v) is 2.03. The summed E-state index contributed by atoms with van der Waals surface area (Å²) in [5, 5.41) is 3.73. The van der Waals surface area contributed by atoms with Crippen LogP contribution in [0.2, 0.25) is 5.02 Å². The number of anilines is 1. The second-order valence-corrected chi connectivity index (χ2v) is 4.74. The standard InChI is InChI=1S/C15H15ClN2O2/c1-10(13-5-3-4-8-17-13)18-14-7-6-11(16)9-12(14)15(19)20-2/h3-10,18H,1-2H3. The number of halogens is 1. The third-order valence-corrected chi connectivity index (χ3v) is 3.13. The molecule has 0 radical (unpaired) electrons. The molecule has 104 valence electrons. The number of rotatable bonds is 4. The molecule has 0 bridgehead atoms. The number of carbonyl (C=O) groups is 1. The normalized spacial score (nSPS) is 11.8. The number of ether oxygens (including phenoxy) is 1. The van der Waals surface area contributed by atoms with Crippen molar-refractivity contribution < 1.29 is 9.53 Å². The number of benzene rings is 1. The van der Waals surface area contributed by atoms with E-state index in [1.54, 1.807) is 24.4 Å². The number of nitrogens with zero attached hydrogens (tertiary/aromatic N) is 1. The minimum atomic E-state index is -0.428. The van der Waals surface area contributed by atoms with Crippen molar-refractivity contribution in [1.82, 2.24) is 4.98 Å². The molecule has 1 N–H and O–H groups in total. The summed E-state index contributed by atoms with van der Waals surface area (Å²) < 4.78 is 4.77. The lowest BCUT2D eigenvalue weighted by Gasteiger charge is -2.17. The highest BCUT2D eigenvalue weighted by molar-refractivity contribution is 6.31. The van der Waals surface area contributed by atoms with Crippen molar-refractivity contribution in [1.29, 1.82) is 0 Å². The Morgan fingerprint density at radius 2 is 2.15 bits per heavy atom. The maximum atomic E-state index is 11.8. The third kappa shape index (κ3) is 3.27. The summed E-state index contributed by atoms with van der Waals surface area (Å²) in [6.45, 7) is 1.97. The van der Waals surface area contributed by atoms with Gasteiger partial charge < -0.3 is 10.1 Å². The third-order valence-electron chi connectivity index (χ3n) is 2.89. The average molecular weight is 291 g/mol. The number of hydrogen-bond acceptors (Lipinski definition) is 4. The van der Waals surface area contributed by atoms with Crippen molar-refractivity contribution in [2.24, 2.45) is 0 Å². The first-order chi connectivity index (χ1) is 9.61. The van der Waals surface area contributed by atoms with E-state index in [1.807, 2.05) is 25.1 Å². The lowest BCUT2D eigenvalue weighted by atomic mass is 10.1. The second kappa shape index (κ2) is 6.39. The van der Waals surface area contributed by atoms with E-state index in [0.717, 1.165) is 5.69 Å². The quantitative estimate of drug-likeness (QED) is 0.873. The van der Waals surface area contributed by atoms with Crippen LogP contribution in [0.15, 0.2) is 42.6 Å². The van der Waals surface area contributed by atoms with E-state index in [9.17, 15) is 4.79 Å². The molecule has 20 heavy (non-hydrogen) atoms. The summed E-state index contributed by atoms with van der Waals surface area (Å²) >= 11 is 5.92. The van der Waals surface area contributed by atoms with Gasteiger partial charge in [-0.15, -0.1) is 0 Å². The number of methoxy groups -OCH3 is 1. The number of esters is 1. The number of carbonyl (C=O) groups excluding carboxylic acids is 1. The van der Waals surface area contributed by atoms with Crippen LogP contribution >= 0.6 is 11.6 Å². The summed E-state index contributed by atoms with van der Waals surface area (Å²) in [6.07, 6.45) is 1.73. The number of hydrogen-bond donors (Lipinski definition) is 1. The van der Waals surface area contributed by atoms with E-state index in [1.165, 1.54) is 7.11 Å². The molecule has 1 aromatic heterocycles. The molecule has 1 aromatic carbocycles. The van der Waals surface area contributed by atoms with Gasteiger partial charge in [-0.05, 0) is 37.3 Å². The van der Waals surface area contributed by atoms with Crippen LogP contribution in [0, 0.1) is 0 Å². The van der Waals surface area contributed by atoms with Crippen LogP contribution in [0.3, 0.4) is 0 Å². The largest absolute Gasteiger partial charge is 0.465 e. The topological polar surface area (TPSA) is 51.2 Å². The van der Waals surface area contributed by atoms with Gasteiger partial charge in [-0.1, -0.05) is 17.7 Å². The van der Waals surface area contributed by atoms with Gasteiger partial charge in [-0.2, -0.15) is 0 Å². The van der Waals surface area contributed by atoms with E-state index >= 15 is 0 Å². The summed E-state index contributed by atoms with van der Waals surface area (Å²) in [5.74, 6) is -0.428. The summed E-state index contributed by atoms with van der Waals surface area (Å²) in [5.41, 5.74) is 1.96. The Bertz CT molecular complexity index is 602. The molecule has 2 rings (SSSR count). The Morgan fingerprint density at radius 1 is 1.35 bits per heavy atom. The first kappa shape index (κ1) is 14.3. The van der Waals surface area contributed by atoms with Crippen LogP contribution in [0.1, 0.15) is 29.0 Å². The molecule has 0 saturated heterocycles. The number of pyridine rings is 1. The molecule has 0 saturated carbocycles. The Labute approximate surface area is 122 Å². The number of aromatic nitrogens is 1. The number of nitrogens with one attached hydrogen (secondary N) is 1. The zero-order valence-electron chi connectivity index (χ0n) is 11.3. The highest BCUT2D eigenvalue weighted by atomic mass is 35.5. The van der Waals surface area contributed by atoms with Crippen molar-refractivity contribution in [3.63, 3.8) is 0 Å². The molecule has 1 atom stereocenters. The van der Waals surface area contributed by atoms with Gasteiger partial charge in [0.05, 0.1) is 24.4 Å². The lowest BCUT2D eigenvalue weighted by Crippen LogP contribution is -2.12. The molecular formula is C15H15ClN2O2. The first-order valence-corrected chi connectivity index (χ1v) is 6.55. The molecule has 1 heterocycles. The van der Waals surface area contributed by atoms with Crippen LogP contribution in [-0.2, 0) is 4.74 Å². The molecule has 0 amide bonds. The van der Waals surface area contributed by atoms with Gasteiger partial charge >= 0.3 is 5.97 Å². The molecular weight excluding hydrogens is 276 g/mol. The molecule has 0 aliphatic heterocycles. The van der Waals surface area contributed by atoms with Gasteiger partial charge in [0.25, 0.3) is 0 Å². The maximum absolute atomic E-state index is 11.8. The van der Waals surface area contributed by atoms with Crippen LogP contribution in [-0.4, -0.2) is 18.1 Å². The summed E-state index contributed by atoms with van der Waals surface area (Å²) in [4.78, 5) is 16.1. The molecule has 0 spiro atoms. The van der Waals surface area contributed by atoms with E-state index in [4.69, 9.17) is 16.3 Å². The fraction of sp³-hybridized carbons (Fsp3) is 0.200. The highest BCUT2D eigenvalue weighted by Crippen LogP contribution is 2.25. The predicted molar refractivity (Wildman–Crippen MR) is 79.1 cm³/mol. The van der Waals surface area contributed by atoms with Crippen LogP contribution in [0.25, 0.3) is 0 Å². The van der Waals surface area contributed by atoms with E-state index in [-0.39, 0.29) is 6.04 Å². The van der Waals surface area contributed by atoms with Crippen LogP contribution in [0.5, 0.6) is 0 Å².